The highest BCUT2D eigenvalue weighted by molar-refractivity contribution is 6.06. The van der Waals surface area contributed by atoms with E-state index in [0.29, 0.717) is 17.9 Å². The van der Waals surface area contributed by atoms with Gasteiger partial charge in [-0.05, 0) is 48.9 Å². The van der Waals surface area contributed by atoms with Crippen LogP contribution in [0.15, 0.2) is 90.8 Å². The number of ether oxygens (including phenoxy) is 1. The summed E-state index contributed by atoms with van der Waals surface area (Å²) in [7, 11) is 1.57. The summed E-state index contributed by atoms with van der Waals surface area (Å²) >= 11 is 0. The van der Waals surface area contributed by atoms with Crippen LogP contribution in [0.1, 0.15) is 28.4 Å². The van der Waals surface area contributed by atoms with Crippen molar-refractivity contribution >= 4 is 28.8 Å². The topological polar surface area (TPSA) is 72.4 Å². The Morgan fingerprint density at radius 3 is 2.35 bits per heavy atom. The molecule has 2 N–H and O–H groups in total. The number of hydrogen-bond acceptors (Lipinski definition) is 3. The quantitative estimate of drug-likeness (QED) is 0.378. The maximum absolute atomic E-state index is 13.2. The molecule has 0 radical (unpaired) electrons. The van der Waals surface area contributed by atoms with E-state index in [1.807, 2.05) is 60.8 Å². The van der Waals surface area contributed by atoms with E-state index in [1.165, 1.54) is 0 Å². The fourth-order valence-electron chi connectivity index (χ4n) is 3.78. The van der Waals surface area contributed by atoms with Crippen LogP contribution in [-0.4, -0.2) is 23.5 Å². The van der Waals surface area contributed by atoms with Gasteiger partial charge in [-0.25, -0.2) is 0 Å². The SMILES string of the molecule is CCn1cc(/C=C(\NC(=O)c2ccc(OC)cc2)C(=O)NCc2ccccc2)c2ccccc21. The van der Waals surface area contributed by atoms with Gasteiger partial charge in [0.15, 0.2) is 0 Å². The Kier molecular flexibility index (Phi) is 7.08. The Morgan fingerprint density at radius 2 is 1.65 bits per heavy atom. The summed E-state index contributed by atoms with van der Waals surface area (Å²) in [6.07, 6.45) is 3.73. The smallest absolute Gasteiger partial charge is 0.268 e. The molecule has 1 aromatic heterocycles. The van der Waals surface area contributed by atoms with Gasteiger partial charge in [0.2, 0.25) is 0 Å². The Hall–Kier alpha value is -4.32. The third-order valence-electron chi connectivity index (χ3n) is 5.60. The Bertz CT molecular complexity index is 1320. The second-order valence-electron chi connectivity index (χ2n) is 7.80. The van der Waals surface area contributed by atoms with Gasteiger partial charge in [0.1, 0.15) is 11.4 Å². The monoisotopic (exact) mass is 453 g/mol. The van der Waals surface area contributed by atoms with Crippen molar-refractivity contribution in [1.29, 1.82) is 0 Å². The lowest BCUT2D eigenvalue weighted by Crippen LogP contribution is -2.34. The summed E-state index contributed by atoms with van der Waals surface area (Å²) in [4.78, 5) is 26.2. The number of rotatable bonds is 8. The van der Waals surface area contributed by atoms with Crippen LogP contribution in [-0.2, 0) is 17.9 Å². The molecule has 0 aliphatic heterocycles. The van der Waals surface area contributed by atoms with Crippen molar-refractivity contribution in [2.75, 3.05) is 7.11 Å². The maximum Gasteiger partial charge on any atom is 0.268 e. The second-order valence-corrected chi connectivity index (χ2v) is 7.80. The van der Waals surface area contributed by atoms with Gasteiger partial charge in [0, 0.05) is 41.3 Å². The number of nitrogens with one attached hydrogen (secondary N) is 2. The van der Waals surface area contributed by atoms with E-state index in [4.69, 9.17) is 4.74 Å². The molecular formula is C28H27N3O3. The molecule has 0 atom stereocenters. The first kappa shape index (κ1) is 22.9. The highest BCUT2D eigenvalue weighted by Crippen LogP contribution is 2.23. The van der Waals surface area contributed by atoms with Crippen molar-refractivity contribution in [3.05, 3.63) is 107 Å². The molecule has 4 rings (SSSR count). The summed E-state index contributed by atoms with van der Waals surface area (Å²) in [5.41, 5.74) is 3.51. The molecule has 0 aliphatic rings. The van der Waals surface area contributed by atoms with Crippen molar-refractivity contribution in [2.45, 2.75) is 20.0 Å². The van der Waals surface area contributed by atoms with E-state index in [1.54, 1.807) is 37.5 Å². The van der Waals surface area contributed by atoms with Crippen molar-refractivity contribution in [3.63, 3.8) is 0 Å². The second kappa shape index (κ2) is 10.5. The molecule has 0 saturated heterocycles. The van der Waals surface area contributed by atoms with E-state index >= 15 is 0 Å². The third-order valence-corrected chi connectivity index (χ3v) is 5.60. The molecule has 0 fully saturated rings. The first-order valence-electron chi connectivity index (χ1n) is 11.2. The van der Waals surface area contributed by atoms with Crippen molar-refractivity contribution in [1.82, 2.24) is 15.2 Å². The molecule has 3 aromatic carbocycles. The minimum absolute atomic E-state index is 0.177. The summed E-state index contributed by atoms with van der Waals surface area (Å²) in [6, 6.07) is 24.4. The van der Waals surface area contributed by atoms with E-state index in [0.717, 1.165) is 28.6 Å². The molecule has 4 aromatic rings. The number of fused-ring (bicyclic) bond motifs is 1. The van der Waals surface area contributed by atoms with Crippen molar-refractivity contribution < 1.29 is 14.3 Å². The van der Waals surface area contributed by atoms with Gasteiger partial charge in [-0.1, -0.05) is 48.5 Å². The predicted molar refractivity (Wildman–Crippen MR) is 134 cm³/mol. The van der Waals surface area contributed by atoms with Gasteiger partial charge in [-0.3, -0.25) is 9.59 Å². The lowest BCUT2D eigenvalue weighted by Gasteiger charge is -2.11. The minimum atomic E-state index is -0.372. The molecule has 0 saturated carbocycles. The minimum Gasteiger partial charge on any atom is -0.497 e. The zero-order valence-electron chi connectivity index (χ0n) is 19.2. The van der Waals surface area contributed by atoms with Crippen molar-refractivity contribution in [3.8, 4) is 5.75 Å². The predicted octanol–water partition coefficient (Wildman–Crippen LogP) is 4.76. The Morgan fingerprint density at radius 1 is 0.941 bits per heavy atom. The van der Waals surface area contributed by atoms with Gasteiger partial charge in [-0.15, -0.1) is 0 Å². The zero-order valence-corrected chi connectivity index (χ0v) is 19.2. The van der Waals surface area contributed by atoms with Crippen LogP contribution in [0.4, 0.5) is 0 Å². The van der Waals surface area contributed by atoms with Crippen LogP contribution < -0.4 is 15.4 Å². The average molecular weight is 454 g/mol. The first-order chi connectivity index (χ1) is 16.6. The molecule has 0 bridgehead atoms. The third kappa shape index (κ3) is 5.18. The maximum atomic E-state index is 13.2. The number of carbonyl (C=O) groups excluding carboxylic acids is 2. The van der Waals surface area contributed by atoms with Gasteiger partial charge < -0.3 is 19.9 Å². The Balaban J connectivity index is 1.65. The summed E-state index contributed by atoms with van der Waals surface area (Å²) in [5.74, 6) is -0.0812. The molecular weight excluding hydrogens is 426 g/mol. The van der Waals surface area contributed by atoms with Crippen LogP contribution in [0.3, 0.4) is 0 Å². The van der Waals surface area contributed by atoms with Crippen molar-refractivity contribution in [2.24, 2.45) is 0 Å². The number of aromatic nitrogens is 1. The molecule has 0 unspecified atom stereocenters. The number of amides is 2. The zero-order chi connectivity index (χ0) is 23.9. The number of aryl methyl sites for hydroxylation is 1. The average Bonchev–Trinajstić information content (AvgIpc) is 3.25. The highest BCUT2D eigenvalue weighted by atomic mass is 16.5. The molecule has 2 amide bonds. The van der Waals surface area contributed by atoms with Crippen LogP contribution >= 0.6 is 0 Å². The van der Waals surface area contributed by atoms with Gasteiger partial charge in [0.25, 0.3) is 11.8 Å². The van der Waals surface area contributed by atoms with E-state index in [9.17, 15) is 9.59 Å². The standard InChI is InChI=1S/C28H27N3O3/c1-3-31-19-22(24-11-7-8-12-26(24)31)17-25(28(33)29-18-20-9-5-4-6-10-20)30-27(32)21-13-15-23(34-2)16-14-21/h4-17,19H,3,18H2,1-2H3,(H,29,33)(H,30,32)/b25-17-. The molecule has 0 spiro atoms. The summed E-state index contributed by atoms with van der Waals surface area (Å²) in [5, 5.41) is 6.73. The highest BCUT2D eigenvalue weighted by Gasteiger charge is 2.16. The van der Waals surface area contributed by atoms with E-state index in [2.05, 4.69) is 22.1 Å². The molecule has 172 valence electrons. The number of carbonyl (C=O) groups is 2. The normalized spacial score (nSPS) is 11.3. The molecule has 1 heterocycles. The van der Waals surface area contributed by atoms with Gasteiger partial charge >= 0.3 is 0 Å². The molecule has 0 aliphatic carbocycles. The molecule has 34 heavy (non-hydrogen) atoms. The van der Waals surface area contributed by atoms with Crippen LogP contribution in [0.25, 0.3) is 17.0 Å². The van der Waals surface area contributed by atoms with E-state index in [-0.39, 0.29) is 17.5 Å². The van der Waals surface area contributed by atoms with Crippen LogP contribution in [0.2, 0.25) is 0 Å². The van der Waals surface area contributed by atoms with Crippen LogP contribution in [0, 0.1) is 0 Å². The summed E-state index contributed by atoms with van der Waals surface area (Å²) in [6.45, 7) is 3.22. The van der Waals surface area contributed by atoms with Gasteiger partial charge in [-0.2, -0.15) is 0 Å². The number of nitrogens with zero attached hydrogens (tertiary/aromatic N) is 1. The largest absolute Gasteiger partial charge is 0.497 e. The lowest BCUT2D eigenvalue weighted by molar-refractivity contribution is -0.117. The van der Waals surface area contributed by atoms with E-state index < -0.39 is 0 Å². The number of benzene rings is 3. The fraction of sp³-hybridized carbons (Fsp3) is 0.143. The number of hydrogen-bond donors (Lipinski definition) is 2. The fourth-order valence-corrected chi connectivity index (χ4v) is 3.78. The lowest BCUT2D eigenvalue weighted by atomic mass is 10.1. The molecule has 6 nitrogen and oxygen atoms in total. The number of para-hydroxylation sites is 1. The van der Waals surface area contributed by atoms with Crippen LogP contribution in [0.5, 0.6) is 5.75 Å². The summed E-state index contributed by atoms with van der Waals surface area (Å²) < 4.78 is 7.28. The number of methoxy groups -OCH3 is 1. The van der Waals surface area contributed by atoms with Gasteiger partial charge in [0.05, 0.1) is 7.11 Å². The first-order valence-corrected chi connectivity index (χ1v) is 11.2. The molecule has 6 heteroatoms. The Labute approximate surface area is 198 Å².